The number of aromatic nitrogens is 2. The second kappa shape index (κ2) is 9.09. The highest BCUT2D eigenvalue weighted by molar-refractivity contribution is 6.00. The lowest BCUT2D eigenvalue weighted by Gasteiger charge is -2.26. The summed E-state index contributed by atoms with van der Waals surface area (Å²) < 4.78 is 17.1. The minimum Gasteiger partial charge on any atom is -0.493 e. The third-order valence-corrected chi connectivity index (χ3v) is 6.06. The van der Waals surface area contributed by atoms with Crippen molar-refractivity contribution in [1.82, 2.24) is 15.1 Å². The van der Waals surface area contributed by atoms with Crippen molar-refractivity contribution in [1.29, 1.82) is 0 Å². The molecule has 0 saturated heterocycles. The number of amides is 1. The average molecular weight is 458 g/mol. The van der Waals surface area contributed by atoms with Crippen LogP contribution in [0, 0.1) is 6.92 Å². The summed E-state index contributed by atoms with van der Waals surface area (Å²) >= 11 is 0. The number of furan rings is 1. The molecule has 174 valence electrons. The highest BCUT2D eigenvalue weighted by Crippen LogP contribution is 2.45. The minimum absolute atomic E-state index is 0.118. The van der Waals surface area contributed by atoms with Crippen LogP contribution in [0.1, 0.15) is 52.3 Å². The Bertz CT molecular complexity index is 1290. The second-order valence-electron chi connectivity index (χ2n) is 8.40. The number of aromatic amines is 1. The monoisotopic (exact) mass is 457 g/mol. The summed E-state index contributed by atoms with van der Waals surface area (Å²) in [5.41, 5.74) is 5.14. The summed E-state index contributed by atoms with van der Waals surface area (Å²) in [5, 5.41) is 7.54. The molecule has 34 heavy (non-hydrogen) atoms. The number of carbonyl (C=O) groups excluding carboxylic acids is 1. The molecule has 1 unspecified atom stereocenters. The van der Waals surface area contributed by atoms with E-state index in [0.717, 1.165) is 34.4 Å². The van der Waals surface area contributed by atoms with Gasteiger partial charge in [0.1, 0.15) is 11.5 Å². The maximum atomic E-state index is 13.5. The van der Waals surface area contributed by atoms with Crippen LogP contribution in [0.25, 0.3) is 11.3 Å². The fourth-order valence-corrected chi connectivity index (χ4v) is 4.39. The molecule has 1 amide bonds. The lowest BCUT2D eigenvalue weighted by Crippen LogP contribution is -2.29. The van der Waals surface area contributed by atoms with Crippen molar-refractivity contribution in [3.63, 3.8) is 0 Å². The van der Waals surface area contributed by atoms with Gasteiger partial charge in [-0.2, -0.15) is 5.10 Å². The molecule has 1 atom stereocenters. The lowest BCUT2D eigenvalue weighted by molar-refractivity contribution is 0.0716. The predicted molar refractivity (Wildman–Crippen MR) is 128 cm³/mol. The van der Waals surface area contributed by atoms with Gasteiger partial charge in [-0.3, -0.25) is 9.89 Å². The summed E-state index contributed by atoms with van der Waals surface area (Å²) in [4.78, 5) is 15.3. The van der Waals surface area contributed by atoms with Crippen LogP contribution in [0.2, 0.25) is 0 Å². The van der Waals surface area contributed by atoms with E-state index in [2.05, 4.69) is 17.1 Å². The van der Waals surface area contributed by atoms with E-state index < -0.39 is 0 Å². The van der Waals surface area contributed by atoms with Gasteiger partial charge in [-0.15, -0.1) is 0 Å². The van der Waals surface area contributed by atoms with Gasteiger partial charge in [-0.25, -0.2) is 0 Å². The van der Waals surface area contributed by atoms with Crippen molar-refractivity contribution in [2.24, 2.45) is 0 Å². The molecule has 1 aliphatic heterocycles. The lowest BCUT2D eigenvalue weighted by atomic mass is 9.95. The van der Waals surface area contributed by atoms with Gasteiger partial charge in [0, 0.05) is 11.1 Å². The van der Waals surface area contributed by atoms with Crippen molar-refractivity contribution in [2.45, 2.75) is 32.9 Å². The molecular weight excluding hydrogens is 430 g/mol. The maximum absolute atomic E-state index is 13.5. The number of fused-ring (bicyclic) bond motifs is 1. The molecule has 0 aliphatic carbocycles. The number of carbonyl (C=O) groups is 1. The number of nitrogens with one attached hydrogen (secondary N) is 1. The number of ether oxygens (including phenoxy) is 2. The van der Waals surface area contributed by atoms with Gasteiger partial charge in [0.15, 0.2) is 11.5 Å². The summed E-state index contributed by atoms with van der Waals surface area (Å²) in [5.74, 6) is 1.90. The Morgan fingerprint density at radius 2 is 1.94 bits per heavy atom. The molecular formula is C27H27N3O4. The standard InChI is InChI=1S/C27H27N3O4/c1-4-13-34-21-12-11-19(15-22(21)32-3)26-23-24(18-9-7-17(2)8-10-18)28-29-25(23)27(31)30(26)16-20-6-5-14-33-20/h5-12,14-15,26H,4,13,16H2,1-3H3,(H,28,29). The Balaban J connectivity index is 1.63. The molecule has 3 heterocycles. The normalized spacial score (nSPS) is 15.0. The van der Waals surface area contributed by atoms with Gasteiger partial charge in [-0.1, -0.05) is 42.8 Å². The minimum atomic E-state index is -0.364. The first-order valence-corrected chi connectivity index (χ1v) is 11.4. The summed E-state index contributed by atoms with van der Waals surface area (Å²) in [6.45, 7) is 5.05. The van der Waals surface area contributed by atoms with E-state index in [1.54, 1.807) is 18.3 Å². The van der Waals surface area contributed by atoms with E-state index in [9.17, 15) is 4.79 Å². The van der Waals surface area contributed by atoms with E-state index in [1.165, 1.54) is 0 Å². The summed E-state index contributed by atoms with van der Waals surface area (Å²) in [6.07, 6.45) is 2.52. The first-order chi connectivity index (χ1) is 16.6. The SMILES string of the molecule is CCCOc1ccc(C2c3c(-c4ccc(C)cc4)n[nH]c3C(=O)N2Cc2ccco2)cc1OC. The third kappa shape index (κ3) is 3.83. The topological polar surface area (TPSA) is 80.6 Å². The Labute approximate surface area is 198 Å². The van der Waals surface area contributed by atoms with Gasteiger partial charge < -0.3 is 18.8 Å². The molecule has 0 saturated carbocycles. The van der Waals surface area contributed by atoms with E-state index in [1.807, 2.05) is 61.5 Å². The molecule has 2 aromatic heterocycles. The number of benzene rings is 2. The molecule has 2 aromatic carbocycles. The number of nitrogens with zero attached hydrogens (tertiary/aromatic N) is 2. The Morgan fingerprint density at radius 1 is 1.12 bits per heavy atom. The number of H-pyrrole nitrogens is 1. The van der Waals surface area contributed by atoms with Crippen LogP contribution in [0.3, 0.4) is 0 Å². The molecule has 5 rings (SSSR count). The molecule has 7 nitrogen and oxygen atoms in total. The Morgan fingerprint density at radius 3 is 2.65 bits per heavy atom. The number of methoxy groups -OCH3 is 1. The van der Waals surface area contributed by atoms with Crippen LogP contribution in [0.15, 0.2) is 65.3 Å². The van der Waals surface area contributed by atoms with E-state index in [0.29, 0.717) is 36.1 Å². The molecule has 0 spiro atoms. The quantitative estimate of drug-likeness (QED) is 0.377. The van der Waals surface area contributed by atoms with Crippen LogP contribution in [0.4, 0.5) is 0 Å². The molecule has 4 aromatic rings. The largest absolute Gasteiger partial charge is 0.493 e. The van der Waals surface area contributed by atoms with Crippen molar-refractivity contribution in [3.05, 3.63) is 89.0 Å². The Hall–Kier alpha value is -4.00. The van der Waals surface area contributed by atoms with Crippen molar-refractivity contribution in [2.75, 3.05) is 13.7 Å². The van der Waals surface area contributed by atoms with Gasteiger partial charge in [0.05, 0.1) is 38.3 Å². The molecule has 0 fully saturated rings. The summed E-state index contributed by atoms with van der Waals surface area (Å²) in [6, 6.07) is 17.3. The number of hydrogen-bond donors (Lipinski definition) is 1. The van der Waals surface area contributed by atoms with Crippen molar-refractivity contribution >= 4 is 5.91 Å². The van der Waals surface area contributed by atoms with E-state index in [4.69, 9.17) is 13.9 Å². The van der Waals surface area contributed by atoms with E-state index >= 15 is 0 Å². The van der Waals surface area contributed by atoms with Gasteiger partial charge in [0.2, 0.25) is 0 Å². The summed E-state index contributed by atoms with van der Waals surface area (Å²) in [7, 11) is 1.62. The molecule has 7 heteroatoms. The fraction of sp³-hybridized carbons (Fsp3) is 0.259. The first kappa shape index (κ1) is 21.8. The number of aryl methyl sites for hydroxylation is 1. The van der Waals surface area contributed by atoms with Crippen molar-refractivity contribution < 1.29 is 18.7 Å². The third-order valence-electron chi connectivity index (χ3n) is 6.06. The van der Waals surface area contributed by atoms with Crippen LogP contribution in [-0.4, -0.2) is 34.7 Å². The molecule has 0 bridgehead atoms. The van der Waals surface area contributed by atoms with Gasteiger partial charge >= 0.3 is 0 Å². The number of rotatable bonds is 8. The maximum Gasteiger partial charge on any atom is 0.273 e. The van der Waals surface area contributed by atoms with Gasteiger partial charge in [-0.05, 0) is 43.2 Å². The smallest absolute Gasteiger partial charge is 0.273 e. The van der Waals surface area contributed by atoms with Crippen LogP contribution in [-0.2, 0) is 6.54 Å². The fourth-order valence-electron chi connectivity index (χ4n) is 4.39. The van der Waals surface area contributed by atoms with Crippen LogP contribution in [0.5, 0.6) is 11.5 Å². The number of hydrogen-bond acceptors (Lipinski definition) is 5. The molecule has 1 aliphatic rings. The van der Waals surface area contributed by atoms with Crippen molar-refractivity contribution in [3.8, 4) is 22.8 Å². The first-order valence-electron chi connectivity index (χ1n) is 11.4. The van der Waals surface area contributed by atoms with Crippen LogP contribution < -0.4 is 9.47 Å². The molecule has 1 N–H and O–H groups in total. The van der Waals surface area contributed by atoms with Gasteiger partial charge in [0.25, 0.3) is 5.91 Å². The average Bonchev–Trinajstić information content (AvgIpc) is 3.58. The highest BCUT2D eigenvalue weighted by atomic mass is 16.5. The van der Waals surface area contributed by atoms with Crippen LogP contribution >= 0.6 is 0 Å². The zero-order valence-corrected chi connectivity index (χ0v) is 19.5. The Kier molecular flexibility index (Phi) is 5.84. The second-order valence-corrected chi connectivity index (χ2v) is 8.40. The predicted octanol–water partition coefficient (Wildman–Crippen LogP) is 5.52. The highest BCUT2D eigenvalue weighted by Gasteiger charge is 2.42. The molecule has 0 radical (unpaired) electrons. The van der Waals surface area contributed by atoms with E-state index in [-0.39, 0.29) is 11.9 Å². The zero-order valence-electron chi connectivity index (χ0n) is 19.5. The zero-order chi connectivity index (χ0) is 23.7.